The van der Waals surface area contributed by atoms with Gasteiger partial charge in [0.25, 0.3) is 5.91 Å². The van der Waals surface area contributed by atoms with Crippen molar-refractivity contribution in [2.45, 2.75) is 6.61 Å². The minimum Gasteiger partial charge on any atom is -0.493 e. The fraction of sp³-hybridized carbons (Fsp3) is 0.0952. The van der Waals surface area contributed by atoms with Crippen molar-refractivity contribution in [2.24, 2.45) is 5.10 Å². The zero-order valence-electron chi connectivity index (χ0n) is 15.4. The molecule has 1 aromatic heterocycles. The Morgan fingerprint density at radius 1 is 1.17 bits per heavy atom. The number of nitrogens with zero attached hydrogens (tertiary/aromatic N) is 2. The van der Waals surface area contributed by atoms with Crippen LogP contribution in [-0.4, -0.2) is 24.2 Å². The number of carbonyl (C=O) groups excluding carboxylic acids is 1. The second-order valence-corrected chi connectivity index (χ2v) is 7.65. The number of halogens is 2. The van der Waals surface area contributed by atoms with Crippen LogP contribution in [0.4, 0.5) is 0 Å². The summed E-state index contributed by atoms with van der Waals surface area (Å²) in [5.74, 6) is 0.816. The van der Waals surface area contributed by atoms with Gasteiger partial charge in [-0.2, -0.15) is 5.10 Å². The first-order chi connectivity index (χ1) is 14.1. The van der Waals surface area contributed by atoms with Gasteiger partial charge in [0.1, 0.15) is 6.61 Å². The molecule has 3 aromatic rings. The van der Waals surface area contributed by atoms with Gasteiger partial charge in [-0.3, -0.25) is 9.78 Å². The smallest absolute Gasteiger partial charge is 0.272 e. The van der Waals surface area contributed by atoms with Crippen molar-refractivity contribution in [1.82, 2.24) is 10.4 Å². The predicted molar refractivity (Wildman–Crippen MR) is 118 cm³/mol. The number of methoxy groups -OCH3 is 1. The van der Waals surface area contributed by atoms with Crippen LogP contribution in [0.5, 0.6) is 11.5 Å². The lowest BCUT2D eigenvalue weighted by atomic mass is 10.2. The quantitative estimate of drug-likeness (QED) is 0.354. The highest BCUT2D eigenvalue weighted by atomic mass is 79.9. The van der Waals surface area contributed by atoms with E-state index in [1.54, 1.807) is 31.5 Å². The van der Waals surface area contributed by atoms with Crippen molar-refractivity contribution >= 4 is 44.0 Å². The van der Waals surface area contributed by atoms with Crippen LogP contribution < -0.4 is 14.9 Å². The summed E-state index contributed by atoms with van der Waals surface area (Å²) in [5, 5.41) is 4.00. The largest absolute Gasteiger partial charge is 0.493 e. The second kappa shape index (κ2) is 10.2. The van der Waals surface area contributed by atoms with Crippen LogP contribution in [-0.2, 0) is 6.61 Å². The third kappa shape index (κ3) is 5.88. The van der Waals surface area contributed by atoms with E-state index in [0.717, 1.165) is 20.1 Å². The Morgan fingerprint density at radius 3 is 2.66 bits per heavy atom. The Balaban J connectivity index is 1.68. The van der Waals surface area contributed by atoms with Crippen molar-refractivity contribution in [1.29, 1.82) is 0 Å². The summed E-state index contributed by atoms with van der Waals surface area (Å²) in [6, 6.07) is 14.8. The Hall–Kier alpha value is -2.71. The van der Waals surface area contributed by atoms with Gasteiger partial charge in [0, 0.05) is 26.9 Å². The monoisotopic (exact) mass is 517 g/mol. The molecule has 29 heavy (non-hydrogen) atoms. The highest BCUT2D eigenvalue weighted by molar-refractivity contribution is 9.10. The number of hydrazone groups is 1. The Labute approximate surface area is 185 Å². The lowest BCUT2D eigenvalue weighted by molar-refractivity contribution is 0.0955. The van der Waals surface area contributed by atoms with Crippen molar-refractivity contribution in [3.63, 3.8) is 0 Å². The Bertz CT molecular complexity index is 1010. The number of benzene rings is 2. The average Bonchev–Trinajstić information content (AvgIpc) is 2.75. The molecule has 0 bridgehead atoms. The summed E-state index contributed by atoms with van der Waals surface area (Å²) >= 11 is 6.92. The van der Waals surface area contributed by atoms with E-state index in [-0.39, 0.29) is 5.91 Å². The minimum atomic E-state index is -0.341. The van der Waals surface area contributed by atoms with Crippen LogP contribution >= 0.6 is 31.9 Å². The molecule has 1 amide bonds. The van der Waals surface area contributed by atoms with Gasteiger partial charge in [0.2, 0.25) is 0 Å². The van der Waals surface area contributed by atoms with Crippen LogP contribution in [0.2, 0.25) is 0 Å². The van der Waals surface area contributed by atoms with E-state index < -0.39 is 0 Å². The molecule has 0 radical (unpaired) electrons. The first kappa shape index (κ1) is 21.0. The number of carbonyl (C=O) groups is 1. The van der Waals surface area contributed by atoms with Crippen LogP contribution in [0.3, 0.4) is 0 Å². The number of pyridine rings is 1. The SMILES string of the molecule is COc1cc(/C=N\NC(=O)c2cccnc2)c(Br)cc1OCc1ccc(Br)cc1. The number of hydrogen-bond donors (Lipinski definition) is 1. The fourth-order valence-corrected chi connectivity index (χ4v) is 3.07. The molecule has 0 aliphatic heterocycles. The van der Waals surface area contributed by atoms with Gasteiger partial charge in [0.15, 0.2) is 11.5 Å². The summed E-state index contributed by atoms with van der Waals surface area (Å²) in [7, 11) is 1.57. The molecule has 3 rings (SSSR count). The van der Waals surface area contributed by atoms with Gasteiger partial charge in [-0.15, -0.1) is 0 Å². The number of ether oxygens (including phenoxy) is 2. The number of amides is 1. The third-order valence-electron chi connectivity index (χ3n) is 3.88. The highest BCUT2D eigenvalue weighted by Crippen LogP contribution is 2.33. The summed E-state index contributed by atoms with van der Waals surface area (Å²) < 4.78 is 13.1. The van der Waals surface area contributed by atoms with E-state index in [9.17, 15) is 4.79 Å². The molecule has 148 valence electrons. The van der Waals surface area contributed by atoms with Gasteiger partial charge in [0.05, 0.1) is 18.9 Å². The predicted octanol–water partition coefficient (Wildman–Crippen LogP) is 4.96. The van der Waals surface area contributed by atoms with E-state index in [1.165, 1.54) is 12.4 Å². The minimum absolute atomic E-state index is 0.341. The van der Waals surface area contributed by atoms with Crippen molar-refractivity contribution in [3.8, 4) is 11.5 Å². The normalized spacial score (nSPS) is 10.7. The van der Waals surface area contributed by atoms with Gasteiger partial charge >= 0.3 is 0 Å². The molecule has 1 N–H and O–H groups in total. The third-order valence-corrected chi connectivity index (χ3v) is 5.10. The molecule has 8 heteroatoms. The van der Waals surface area contributed by atoms with Crippen molar-refractivity contribution in [2.75, 3.05) is 7.11 Å². The Morgan fingerprint density at radius 2 is 1.97 bits per heavy atom. The number of nitrogens with one attached hydrogen (secondary N) is 1. The molecule has 0 saturated carbocycles. The number of rotatable bonds is 7. The maximum Gasteiger partial charge on any atom is 0.272 e. The first-order valence-electron chi connectivity index (χ1n) is 8.55. The number of hydrogen-bond acceptors (Lipinski definition) is 5. The zero-order valence-corrected chi connectivity index (χ0v) is 18.6. The summed E-state index contributed by atoms with van der Waals surface area (Å²) in [4.78, 5) is 15.9. The van der Waals surface area contributed by atoms with Crippen LogP contribution in [0.15, 0.2) is 75.0 Å². The summed E-state index contributed by atoms with van der Waals surface area (Å²) in [6.45, 7) is 0.407. The van der Waals surface area contributed by atoms with Crippen molar-refractivity contribution in [3.05, 3.63) is 86.6 Å². The van der Waals surface area contributed by atoms with Gasteiger partial charge < -0.3 is 9.47 Å². The van der Waals surface area contributed by atoms with Crippen LogP contribution in [0.1, 0.15) is 21.5 Å². The second-order valence-electron chi connectivity index (χ2n) is 5.88. The van der Waals surface area contributed by atoms with Gasteiger partial charge in [-0.05, 0) is 57.9 Å². The molecule has 0 aliphatic carbocycles. The topological polar surface area (TPSA) is 72.8 Å². The van der Waals surface area contributed by atoms with E-state index in [0.29, 0.717) is 23.7 Å². The van der Waals surface area contributed by atoms with E-state index in [1.807, 2.05) is 30.3 Å². The molecule has 0 aliphatic rings. The molecule has 2 aromatic carbocycles. The van der Waals surface area contributed by atoms with E-state index in [2.05, 4.69) is 47.4 Å². The molecule has 1 heterocycles. The highest BCUT2D eigenvalue weighted by Gasteiger charge is 2.10. The molecule has 0 atom stereocenters. The summed E-state index contributed by atoms with van der Waals surface area (Å²) in [6.07, 6.45) is 4.60. The van der Waals surface area contributed by atoms with Gasteiger partial charge in [-0.25, -0.2) is 5.43 Å². The molecular weight excluding hydrogens is 502 g/mol. The van der Waals surface area contributed by atoms with E-state index >= 15 is 0 Å². The fourth-order valence-electron chi connectivity index (χ4n) is 2.39. The molecule has 6 nitrogen and oxygen atoms in total. The maximum atomic E-state index is 12.0. The molecule has 0 fully saturated rings. The molecule has 0 saturated heterocycles. The van der Waals surface area contributed by atoms with Gasteiger partial charge in [-0.1, -0.05) is 28.1 Å². The maximum absolute atomic E-state index is 12.0. The number of aromatic nitrogens is 1. The lowest BCUT2D eigenvalue weighted by Gasteiger charge is -2.13. The van der Waals surface area contributed by atoms with E-state index in [4.69, 9.17) is 9.47 Å². The molecule has 0 unspecified atom stereocenters. The molecule has 0 spiro atoms. The summed E-state index contributed by atoms with van der Waals surface area (Å²) in [5.41, 5.74) is 4.66. The van der Waals surface area contributed by atoms with Crippen LogP contribution in [0.25, 0.3) is 0 Å². The average molecular weight is 519 g/mol. The molecular formula is C21H17Br2N3O3. The van der Waals surface area contributed by atoms with Crippen LogP contribution in [0, 0.1) is 0 Å². The standard InChI is InChI=1S/C21H17Br2N3O3/c1-28-19-9-16(12-25-26-21(27)15-3-2-8-24-11-15)18(23)10-20(19)29-13-14-4-6-17(22)7-5-14/h2-12H,13H2,1H3,(H,26,27)/b25-12-. The van der Waals surface area contributed by atoms with Crippen molar-refractivity contribution < 1.29 is 14.3 Å². The zero-order chi connectivity index (χ0) is 20.6. The lowest BCUT2D eigenvalue weighted by Crippen LogP contribution is -2.17. The first-order valence-corrected chi connectivity index (χ1v) is 10.1. The Kier molecular flexibility index (Phi) is 7.37.